The lowest BCUT2D eigenvalue weighted by Gasteiger charge is -2.11. The number of hydrogen-bond acceptors (Lipinski definition) is 3. The Kier molecular flexibility index (Phi) is 4.56. The van der Waals surface area contributed by atoms with Gasteiger partial charge in [-0.25, -0.2) is 4.98 Å². The highest BCUT2D eigenvalue weighted by Gasteiger charge is 2.05. The number of aromatic nitrogens is 1. The van der Waals surface area contributed by atoms with Crippen molar-refractivity contribution in [1.82, 2.24) is 4.98 Å². The van der Waals surface area contributed by atoms with Gasteiger partial charge in [-0.3, -0.25) is 0 Å². The molecule has 0 spiro atoms. The molecular weight excluding hydrogens is 188 g/mol. The van der Waals surface area contributed by atoms with Crippen LogP contribution in [0.15, 0.2) is 18.3 Å². The Bertz CT molecular complexity index is 299. The summed E-state index contributed by atoms with van der Waals surface area (Å²) < 4.78 is 5.55. The Morgan fingerprint density at radius 3 is 2.73 bits per heavy atom. The SMILES string of the molecule is CC(C)COc1cc(C(C)CN)ccn1. The van der Waals surface area contributed by atoms with E-state index in [4.69, 9.17) is 10.5 Å². The number of hydrogen-bond donors (Lipinski definition) is 1. The van der Waals surface area contributed by atoms with E-state index < -0.39 is 0 Å². The summed E-state index contributed by atoms with van der Waals surface area (Å²) in [6.45, 7) is 7.68. The average Bonchev–Trinajstić information content (AvgIpc) is 2.25. The van der Waals surface area contributed by atoms with Crippen molar-refractivity contribution < 1.29 is 4.74 Å². The molecule has 1 aromatic rings. The van der Waals surface area contributed by atoms with Crippen molar-refractivity contribution in [3.05, 3.63) is 23.9 Å². The second kappa shape index (κ2) is 5.71. The van der Waals surface area contributed by atoms with E-state index in [0.717, 1.165) is 0 Å². The van der Waals surface area contributed by atoms with Gasteiger partial charge in [-0.05, 0) is 30.0 Å². The summed E-state index contributed by atoms with van der Waals surface area (Å²) in [6.07, 6.45) is 1.77. The summed E-state index contributed by atoms with van der Waals surface area (Å²) in [5.41, 5.74) is 6.80. The van der Waals surface area contributed by atoms with Gasteiger partial charge in [0, 0.05) is 12.3 Å². The molecule has 0 bridgehead atoms. The highest BCUT2D eigenvalue weighted by molar-refractivity contribution is 5.23. The molecule has 1 rings (SSSR count). The van der Waals surface area contributed by atoms with Gasteiger partial charge in [0.25, 0.3) is 0 Å². The highest BCUT2D eigenvalue weighted by Crippen LogP contribution is 2.17. The predicted octanol–water partition coefficient (Wildman–Crippen LogP) is 2.18. The summed E-state index contributed by atoms with van der Waals surface area (Å²) in [4.78, 5) is 4.17. The summed E-state index contributed by atoms with van der Waals surface area (Å²) in [7, 11) is 0. The first kappa shape index (κ1) is 12.0. The van der Waals surface area contributed by atoms with E-state index in [1.54, 1.807) is 6.20 Å². The van der Waals surface area contributed by atoms with Crippen molar-refractivity contribution in [3.8, 4) is 5.88 Å². The second-order valence-electron chi connectivity index (χ2n) is 4.27. The molecule has 0 aromatic carbocycles. The molecule has 1 atom stereocenters. The zero-order valence-corrected chi connectivity index (χ0v) is 9.73. The second-order valence-corrected chi connectivity index (χ2v) is 4.27. The van der Waals surface area contributed by atoms with Crippen molar-refractivity contribution in [2.45, 2.75) is 26.7 Å². The summed E-state index contributed by atoms with van der Waals surface area (Å²) in [5, 5.41) is 0. The molecule has 1 unspecified atom stereocenters. The maximum Gasteiger partial charge on any atom is 0.213 e. The largest absolute Gasteiger partial charge is 0.477 e. The van der Waals surface area contributed by atoms with Crippen molar-refractivity contribution in [2.24, 2.45) is 11.7 Å². The number of pyridine rings is 1. The minimum Gasteiger partial charge on any atom is -0.477 e. The van der Waals surface area contributed by atoms with Crippen LogP contribution in [0.2, 0.25) is 0 Å². The van der Waals surface area contributed by atoms with Crippen molar-refractivity contribution in [1.29, 1.82) is 0 Å². The van der Waals surface area contributed by atoms with E-state index in [9.17, 15) is 0 Å². The normalized spacial score (nSPS) is 12.9. The van der Waals surface area contributed by atoms with Crippen LogP contribution in [-0.2, 0) is 0 Å². The predicted molar refractivity (Wildman–Crippen MR) is 62.0 cm³/mol. The lowest BCUT2D eigenvalue weighted by molar-refractivity contribution is 0.261. The molecule has 84 valence electrons. The molecule has 3 nitrogen and oxygen atoms in total. The van der Waals surface area contributed by atoms with Crippen LogP contribution in [0.5, 0.6) is 5.88 Å². The van der Waals surface area contributed by atoms with Gasteiger partial charge in [0.05, 0.1) is 6.61 Å². The van der Waals surface area contributed by atoms with Crippen LogP contribution in [0.4, 0.5) is 0 Å². The molecule has 1 aromatic heterocycles. The van der Waals surface area contributed by atoms with Gasteiger partial charge >= 0.3 is 0 Å². The monoisotopic (exact) mass is 208 g/mol. The van der Waals surface area contributed by atoms with Gasteiger partial charge < -0.3 is 10.5 Å². The summed E-state index contributed by atoms with van der Waals surface area (Å²) >= 11 is 0. The molecule has 15 heavy (non-hydrogen) atoms. The molecule has 1 heterocycles. The minimum atomic E-state index is 0.356. The van der Waals surface area contributed by atoms with Crippen molar-refractivity contribution in [2.75, 3.05) is 13.2 Å². The van der Waals surface area contributed by atoms with Crippen molar-refractivity contribution in [3.63, 3.8) is 0 Å². The molecule has 0 aliphatic rings. The molecule has 3 heteroatoms. The standard InChI is InChI=1S/C12H20N2O/c1-9(2)8-15-12-6-11(4-5-14-12)10(3)7-13/h4-6,9-10H,7-8,13H2,1-3H3. The zero-order chi connectivity index (χ0) is 11.3. The Morgan fingerprint density at radius 1 is 1.40 bits per heavy atom. The molecule has 0 saturated heterocycles. The zero-order valence-electron chi connectivity index (χ0n) is 9.73. The van der Waals surface area contributed by atoms with E-state index >= 15 is 0 Å². The van der Waals surface area contributed by atoms with Gasteiger partial charge in [0.2, 0.25) is 5.88 Å². The van der Waals surface area contributed by atoms with E-state index in [2.05, 4.69) is 25.8 Å². The third-order valence-corrected chi connectivity index (χ3v) is 2.25. The first-order valence-corrected chi connectivity index (χ1v) is 5.42. The molecule has 0 aliphatic heterocycles. The topological polar surface area (TPSA) is 48.1 Å². The summed E-state index contributed by atoms with van der Waals surface area (Å²) in [6, 6.07) is 3.96. The molecule has 0 amide bonds. The lowest BCUT2D eigenvalue weighted by atomic mass is 10.0. The number of nitrogens with two attached hydrogens (primary N) is 1. The van der Waals surface area contributed by atoms with Crippen molar-refractivity contribution >= 4 is 0 Å². The van der Waals surface area contributed by atoms with Gasteiger partial charge in [-0.15, -0.1) is 0 Å². The minimum absolute atomic E-state index is 0.356. The van der Waals surface area contributed by atoms with Crippen LogP contribution < -0.4 is 10.5 Å². The fraction of sp³-hybridized carbons (Fsp3) is 0.583. The van der Waals surface area contributed by atoms with Gasteiger partial charge in [-0.1, -0.05) is 20.8 Å². The van der Waals surface area contributed by atoms with Crippen LogP contribution in [0.25, 0.3) is 0 Å². The van der Waals surface area contributed by atoms with Gasteiger partial charge in [0.15, 0.2) is 0 Å². The maximum absolute atomic E-state index is 5.62. The number of ether oxygens (including phenoxy) is 1. The van der Waals surface area contributed by atoms with Crippen LogP contribution in [-0.4, -0.2) is 18.1 Å². The van der Waals surface area contributed by atoms with E-state index in [0.29, 0.717) is 30.9 Å². The molecule has 0 radical (unpaired) electrons. The van der Waals surface area contributed by atoms with Crippen LogP contribution in [0.3, 0.4) is 0 Å². The Hall–Kier alpha value is -1.09. The smallest absolute Gasteiger partial charge is 0.213 e. The molecular formula is C12H20N2O. The third kappa shape index (κ3) is 3.88. The van der Waals surface area contributed by atoms with E-state index in [1.165, 1.54) is 5.56 Å². The average molecular weight is 208 g/mol. The number of nitrogens with zero attached hydrogens (tertiary/aromatic N) is 1. The van der Waals surface area contributed by atoms with Crippen LogP contribution in [0.1, 0.15) is 32.3 Å². The Balaban J connectivity index is 2.65. The Labute approximate surface area is 91.7 Å². The number of rotatable bonds is 5. The highest BCUT2D eigenvalue weighted by atomic mass is 16.5. The molecule has 0 aliphatic carbocycles. The molecule has 2 N–H and O–H groups in total. The van der Waals surface area contributed by atoms with E-state index in [-0.39, 0.29) is 0 Å². The first-order valence-electron chi connectivity index (χ1n) is 5.42. The van der Waals surface area contributed by atoms with Gasteiger partial charge in [0.1, 0.15) is 0 Å². The summed E-state index contributed by atoms with van der Waals surface area (Å²) in [5.74, 6) is 1.57. The molecule has 0 saturated carbocycles. The van der Waals surface area contributed by atoms with Crippen LogP contribution >= 0.6 is 0 Å². The maximum atomic E-state index is 5.62. The van der Waals surface area contributed by atoms with Gasteiger partial charge in [-0.2, -0.15) is 0 Å². The Morgan fingerprint density at radius 2 is 2.13 bits per heavy atom. The molecule has 0 fully saturated rings. The third-order valence-electron chi connectivity index (χ3n) is 2.25. The lowest BCUT2D eigenvalue weighted by Crippen LogP contribution is -2.10. The van der Waals surface area contributed by atoms with E-state index in [1.807, 2.05) is 12.1 Å². The van der Waals surface area contributed by atoms with Crippen LogP contribution in [0, 0.1) is 5.92 Å². The fourth-order valence-electron chi connectivity index (χ4n) is 1.20. The fourth-order valence-corrected chi connectivity index (χ4v) is 1.20. The first-order chi connectivity index (χ1) is 7.13. The quantitative estimate of drug-likeness (QED) is 0.806.